The second kappa shape index (κ2) is 32.4. The molecule has 0 saturated carbocycles. The monoisotopic (exact) mass is 1020 g/mol. The minimum atomic E-state index is -0.0774. The van der Waals surface area contributed by atoms with E-state index in [2.05, 4.69) is 125 Å². The standard InChI is InChI=1S/C74H96O2/c1-5-9-13-17-21-25-29-33-57-37-45-61(46-38-57)65-53-69-70(54-66(65)62-47-39-58(40-48-62)34-30-26-22-18-14-10-6-2)74(76)72-56-68(64-51-43-60(44-52-64)36-32-28-24-20-16-12-8-4)67(55-71(72)73(69)75)63-49-41-59(42-50-63)35-31-27-23-19-15-11-7-3/h37-56H,5-36H2,1-4H3. The lowest BCUT2D eigenvalue weighted by molar-refractivity contribution is 0.0979. The van der Waals surface area contributed by atoms with Gasteiger partial charge in [0.2, 0.25) is 0 Å². The van der Waals surface area contributed by atoms with E-state index >= 15 is 9.59 Å². The smallest absolute Gasteiger partial charge is 0.194 e. The summed E-state index contributed by atoms with van der Waals surface area (Å²) in [7, 11) is 0. The van der Waals surface area contributed by atoms with Crippen molar-refractivity contribution in [1.29, 1.82) is 0 Å². The second-order valence-electron chi connectivity index (χ2n) is 22.8. The Hall–Kier alpha value is -5.34. The molecule has 0 unspecified atom stereocenters. The van der Waals surface area contributed by atoms with Crippen molar-refractivity contribution in [2.45, 2.75) is 233 Å². The van der Waals surface area contributed by atoms with Crippen molar-refractivity contribution in [2.24, 2.45) is 0 Å². The van der Waals surface area contributed by atoms with Crippen LogP contribution in [-0.4, -0.2) is 11.6 Å². The van der Waals surface area contributed by atoms with Crippen molar-refractivity contribution in [3.63, 3.8) is 0 Å². The van der Waals surface area contributed by atoms with Crippen LogP contribution in [0.4, 0.5) is 0 Å². The highest BCUT2D eigenvalue weighted by molar-refractivity contribution is 6.30. The summed E-state index contributed by atoms with van der Waals surface area (Å²) < 4.78 is 0. The Morgan fingerprint density at radius 3 is 0.566 bits per heavy atom. The van der Waals surface area contributed by atoms with E-state index in [0.29, 0.717) is 22.3 Å². The first-order chi connectivity index (χ1) is 37.4. The molecule has 0 heterocycles. The van der Waals surface area contributed by atoms with Crippen LogP contribution in [0.25, 0.3) is 44.5 Å². The largest absolute Gasteiger partial charge is 0.289 e. The van der Waals surface area contributed by atoms with Crippen LogP contribution in [0.5, 0.6) is 0 Å². The lowest BCUT2D eigenvalue weighted by Crippen LogP contribution is -2.21. The van der Waals surface area contributed by atoms with Gasteiger partial charge in [0.25, 0.3) is 0 Å². The topological polar surface area (TPSA) is 34.1 Å². The van der Waals surface area contributed by atoms with Crippen molar-refractivity contribution in [3.8, 4) is 44.5 Å². The Morgan fingerprint density at radius 2 is 0.382 bits per heavy atom. The van der Waals surface area contributed by atoms with Gasteiger partial charge in [-0.25, -0.2) is 0 Å². The summed E-state index contributed by atoms with van der Waals surface area (Å²) in [5, 5.41) is 0. The van der Waals surface area contributed by atoms with Crippen molar-refractivity contribution < 1.29 is 9.59 Å². The van der Waals surface area contributed by atoms with Crippen molar-refractivity contribution >= 4 is 11.6 Å². The fourth-order valence-electron chi connectivity index (χ4n) is 11.7. The van der Waals surface area contributed by atoms with Gasteiger partial charge in [0.15, 0.2) is 11.6 Å². The average Bonchev–Trinajstić information content (AvgIpc) is 3.50. The Bertz CT molecular complexity index is 2280. The molecular formula is C74H96O2. The van der Waals surface area contributed by atoms with Gasteiger partial charge in [-0.15, -0.1) is 0 Å². The van der Waals surface area contributed by atoms with E-state index in [9.17, 15) is 0 Å². The molecule has 0 fully saturated rings. The zero-order valence-electron chi connectivity index (χ0n) is 48.0. The molecule has 0 aliphatic heterocycles. The van der Waals surface area contributed by atoms with E-state index in [1.165, 1.54) is 202 Å². The Morgan fingerprint density at radius 1 is 0.211 bits per heavy atom. The van der Waals surface area contributed by atoms with E-state index in [4.69, 9.17) is 0 Å². The van der Waals surface area contributed by atoms with Gasteiger partial charge in [-0.2, -0.15) is 0 Å². The Kier molecular flexibility index (Phi) is 24.9. The zero-order chi connectivity index (χ0) is 53.2. The molecule has 404 valence electrons. The summed E-state index contributed by atoms with van der Waals surface area (Å²) in [5.41, 5.74) is 15.7. The van der Waals surface area contributed by atoms with Crippen LogP contribution in [0.3, 0.4) is 0 Å². The van der Waals surface area contributed by atoms with Crippen molar-refractivity contribution in [2.75, 3.05) is 0 Å². The zero-order valence-corrected chi connectivity index (χ0v) is 48.0. The van der Waals surface area contributed by atoms with Gasteiger partial charge in [0.1, 0.15) is 0 Å². The highest BCUT2D eigenvalue weighted by atomic mass is 16.1. The fourth-order valence-corrected chi connectivity index (χ4v) is 11.7. The number of unbranched alkanes of at least 4 members (excludes halogenated alkanes) is 24. The first-order valence-corrected chi connectivity index (χ1v) is 31.2. The van der Waals surface area contributed by atoms with Gasteiger partial charge >= 0.3 is 0 Å². The molecule has 0 N–H and O–H groups in total. The predicted octanol–water partition coefficient (Wildman–Crippen LogP) is 22.3. The van der Waals surface area contributed by atoms with Gasteiger partial charge in [0.05, 0.1) is 0 Å². The lowest BCUT2D eigenvalue weighted by atomic mass is 9.77. The van der Waals surface area contributed by atoms with E-state index in [1.54, 1.807) is 0 Å². The lowest BCUT2D eigenvalue weighted by Gasteiger charge is -2.23. The molecular weight excluding hydrogens is 921 g/mol. The molecule has 1 aliphatic rings. The quantitative estimate of drug-likeness (QED) is 0.0367. The number of fused-ring (bicyclic) bond motifs is 2. The average molecular weight is 1020 g/mol. The van der Waals surface area contributed by atoms with E-state index in [-0.39, 0.29) is 11.6 Å². The summed E-state index contributed by atoms with van der Waals surface area (Å²) in [4.78, 5) is 30.4. The summed E-state index contributed by atoms with van der Waals surface area (Å²) in [6.45, 7) is 9.12. The third kappa shape index (κ3) is 17.3. The van der Waals surface area contributed by atoms with E-state index < -0.39 is 0 Å². The number of benzene rings is 6. The molecule has 1 aliphatic carbocycles. The molecule has 76 heavy (non-hydrogen) atoms. The molecule has 0 bridgehead atoms. The predicted molar refractivity (Wildman–Crippen MR) is 328 cm³/mol. The highest BCUT2D eigenvalue weighted by Gasteiger charge is 2.33. The number of ketones is 2. The highest BCUT2D eigenvalue weighted by Crippen LogP contribution is 2.42. The van der Waals surface area contributed by atoms with Crippen molar-refractivity contribution in [1.82, 2.24) is 0 Å². The molecule has 0 amide bonds. The van der Waals surface area contributed by atoms with Crippen LogP contribution < -0.4 is 0 Å². The summed E-state index contributed by atoms with van der Waals surface area (Å²) >= 11 is 0. The van der Waals surface area contributed by atoms with Crippen LogP contribution in [0.1, 0.15) is 262 Å². The van der Waals surface area contributed by atoms with Gasteiger partial charge in [-0.3, -0.25) is 9.59 Å². The second-order valence-corrected chi connectivity index (χ2v) is 22.8. The first kappa shape index (κ1) is 58.3. The molecule has 2 heteroatoms. The molecule has 6 aromatic rings. The number of hydrogen-bond donors (Lipinski definition) is 0. The Balaban J connectivity index is 1.20. The minimum Gasteiger partial charge on any atom is -0.289 e. The van der Waals surface area contributed by atoms with Gasteiger partial charge in [-0.1, -0.05) is 279 Å². The van der Waals surface area contributed by atoms with Crippen molar-refractivity contribution in [3.05, 3.63) is 166 Å². The van der Waals surface area contributed by atoms with Crippen LogP contribution in [0.15, 0.2) is 121 Å². The summed E-state index contributed by atoms with van der Waals surface area (Å²) in [6, 6.07) is 44.3. The molecule has 2 nitrogen and oxygen atoms in total. The van der Waals surface area contributed by atoms with Gasteiger partial charge < -0.3 is 0 Å². The number of carbonyl (C=O) groups is 2. The Labute approximate surface area is 462 Å². The SMILES string of the molecule is CCCCCCCCCc1ccc(-c2cc3c(cc2-c2ccc(CCCCCCCCC)cc2)C(=O)c2cc(-c4ccc(CCCCCCCCC)cc4)c(-c4ccc(CCCCCCCCC)cc4)cc2C3=O)cc1. The van der Waals surface area contributed by atoms with Crippen LogP contribution in [0.2, 0.25) is 0 Å². The van der Waals surface area contributed by atoms with E-state index in [1.807, 2.05) is 24.3 Å². The molecule has 0 aromatic heterocycles. The number of hydrogen-bond acceptors (Lipinski definition) is 2. The first-order valence-electron chi connectivity index (χ1n) is 31.2. The van der Waals surface area contributed by atoms with E-state index in [0.717, 1.165) is 70.2 Å². The van der Waals surface area contributed by atoms with Gasteiger partial charge in [0, 0.05) is 22.3 Å². The van der Waals surface area contributed by atoms with Crippen LogP contribution >= 0.6 is 0 Å². The third-order valence-corrected chi connectivity index (χ3v) is 16.6. The summed E-state index contributed by atoms with van der Waals surface area (Å²) in [5.74, 6) is -0.155. The third-order valence-electron chi connectivity index (χ3n) is 16.6. The number of rotatable bonds is 36. The number of carbonyl (C=O) groups excluding carboxylic acids is 2. The molecule has 0 radical (unpaired) electrons. The molecule has 0 spiro atoms. The summed E-state index contributed by atoms with van der Waals surface area (Å²) in [6.07, 6.45) is 40.6. The maximum absolute atomic E-state index is 15.2. The minimum absolute atomic E-state index is 0.0774. The maximum atomic E-state index is 15.2. The number of aryl methyl sites for hydroxylation is 4. The van der Waals surface area contributed by atoms with Crippen LogP contribution in [0, 0.1) is 0 Å². The molecule has 6 aromatic carbocycles. The molecule has 0 saturated heterocycles. The van der Waals surface area contributed by atoms with Gasteiger partial charge in [-0.05, 0) is 142 Å². The molecule has 0 atom stereocenters. The molecule has 7 rings (SSSR count). The maximum Gasteiger partial charge on any atom is 0.194 e. The normalized spacial score (nSPS) is 12.1. The van der Waals surface area contributed by atoms with Crippen LogP contribution in [-0.2, 0) is 25.7 Å². The fraction of sp³-hybridized carbons (Fsp3) is 0.486.